The van der Waals surface area contributed by atoms with Crippen LogP contribution in [-0.2, 0) is 4.79 Å². The van der Waals surface area contributed by atoms with E-state index in [1.807, 2.05) is 0 Å². The van der Waals surface area contributed by atoms with Gasteiger partial charge >= 0.3 is 0 Å². The highest BCUT2D eigenvalue weighted by molar-refractivity contribution is 5.72. The molecule has 34 heavy (non-hydrogen) atoms. The fourth-order valence-corrected chi connectivity index (χ4v) is 5.24. The fraction of sp³-hybridized carbons (Fsp3) is 0.867. The van der Waals surface area contributed by atoms with Crippen LogP contribution in [0, 0.1) is 0 Å². The van der Waals surface area contributed by atoms with Gasteiger partial charge in [-0.1, -0.05) is 96.1 Å². The standard InChI is InChI=1S/C30H57N3O/c1-4-6-7-8-9-10-11-12-13-14-15-16-17-18-19-20-21-22-23-24-30-32-26-28-33(30,5-2)27-25-31-29(3)34/h16-17,26,30H,4-15,18-25,27-28H2,1-3H3/p+1/b17-16+. The van der Waals surface area contributed by atoms with Crippen molar-refractivity contribution in [3.63, 3.8) is 0 Å². The number of likely N-dealkylation sites (N-methyl/N-ethyl adjacent to an activating group) is 1. The largest absolute Gasteiger partial charge is 0.351 e. The maximum absolute atomic E-state index is 11.2. The van der Waals surface area contributed by atoms with Gasteiger partial charge in [-0.3, -0.25) is 9.28 Å². The highest BCUT2D eigenvalue weighted by Crippen LogP contribution is 2.24. The molecule has 0 aromatic carbocycles. The molecule has 0 fully saturated rings. The van der Waals surface area contributed by atoms with Crippen LogP contribution in [0.25, 0.3) is 0 Å². The first-order valence-corrected chi connectivity index (χ1v) is 14.9. The lowest BCUT2D eigenvalue weighted by molar-refractivity contribution is -0.935. The van der Waals surface area contributed by atoms with E-state index in [4.69, 9.17) is 4.99 Å². The molecular formula is C30H58N3O+. The second-order valence-corrected chi connectivity index (χ2v) is 10.5. The number of nitrogens with zero attached hydrogens (tertiary/aromatic N) is 2. The highest BCUT2D eigenvalue weighted by Gasteiger charge is 2.37. The lowest BCUT2D eigenvalue weighted by Crippen LogP contribution is -2.55. The minimum Gasteiger partial charge on any atom is -0.351 e. The lowest BCUT2D eigenvalue weighted by atomic mass is 10.1. The minimum absolute atomic E-state index is 0.0690. The molecule has 1 aliphatic heterocycles. The number of carbonyl (C=O) groups excluding carboxylic acids is 1. The van der Waals surface area contributed by atoms with E-state index >= 15 is 0 Å². The zero-order valence-electron chi connectivity index (χ0n) is 23.2. The summed E-state index contributed by atoms with van der Waals surface area (Å²) in [6.07, 6.45) is 31.9. The number of hydrogen-bond acceptors (Lipinski definition) is 2. The monoisotopic (exact) mass is 476 g/mol. The van der Waals surface area contributed by atoms with Crippen molar-refractivity contribution in [3.05, 3.63) is 12.2 Å². The third-order valence-electron chi connectivity index (χ3n) is 7.64. The number of rotatable bonds is 23. The summed E-state index contributed by atoms with van der Waals surface area (Å²) < 4.78 is 1.02. The Hall–Kier alpha value is -1.16. The average Bonchev–Trinajstić information content (AvgIpc) is 3.23. The molecule has 2 unspecified atom stereocenters. The van der Waals surface area contributed by atoms with Crippen molar-refractivity contribution in [2.24, 2.45) is 4.99 Å². The number of amides is 1. The zero-order valence-corrected chi connectivity index (χ0v) is 23.2. The van der Waals surface area contributed by atoms with Crippen molar-refractivity contribution in [1.82, 2.24) is 5.32 Å². The summed E-state index contributed by atoms with van der Waals surface area (Å²) in [6.45, 7) is 10.0. The predicted octanol–water partition coefficient (Wildman–Crippen LogP) is 7.97. The molecule has 0 saturated carbocycles. The molecule has 0 spiro atoms. The van der Waals surface area contributed by atoms with E-state index in [0.717, 1.165) is 30.7 Å². The molecule has 0 aromatic heterocycles. The summed E-state index contributed by atoms with van der Waals surface area (Å²) in [5.41, 5.74) is 0. The summed E-state index contributed by atoms with van der Waals surface area (Å²) >= 11 is 0. The van der Waals surface area contributed by atoms with Gasteiger partial charge in [0.15, 0.2) is 6.17 Å². The van der Waals surface area contributed by atoms with Crippen LogP contribution in [0.15, 0.2) is 17.1 Å². The normalized spacial score (nSPS) is 19.9. The number of nitrogens with one attached hydrogen (secondary N) is 1. The Morgan fingerprint density at radius 2 is 1.38 bits per heavy atom. The smallest absolute Gasteiger partial charge is 0.217 e. The molecule has 0 radical (unpaired) electrons. The molecule has 4 nitrogen and oxygen atoms in total. The molecule has 1 amide bonds. The van der Waals surface area contributed by atoms with Crippen LogP contribution >= 0.6 is 0 Å². The molecule has 1 N–H and O–H groups in total. The molecule has 1 heterocycles. The number of quaternary nitrogens is 1. The Morgan fingerprint density at radius 1 is 0.853 bits per heavy atom. The number of unbranched alkanes of at least 4 members (excludes halogenated alkanes) is 15. The molecule has 0 aliphatic carbocycles. The quantitative estimate of drug-likeness (QED) is 0.0906. The van der Waals surface area contributed by atoms with Crippen LogP contribution < -0.4 is 5.32 Å². The third kappa shape index (κ3) is 15.0. The first-order chi connectivity index (χ1) is 16.6. The van der Waals surface area contributed by atoms with Gasteiger partial charge in [0.25, 0.3) is 0 Å². The lowest BCUT2D eigenvalue weighted by Gasteiger charge is -2.38. The number of aliphatic imine (C=N–C) groups is 1. The zero-order chi connectivity index (χ0) is 24.7. The Labute approximate surface area is 212 Å². The minimum atomic E-state index is 0.0690. The van der Waals surface area contributed by atoms with Crippen molar-refractivity contribution in [3.8, 4) is 0 Å². The summed E-state index contributed by atoms with van der Waals surface area (Å²) in [5, 5.41) is 2.97. The SMILES string of the molecule is CCCCCCCCCCCC/C=C/CCCCCCCC1N=CC[N+]1(CC)CCNC(C)=O. The number of hydrogen-bond donors (Lipinski definition) is 1. The average molecular weight is 477 g/mol. The maximum atomic E-state index is 11.2. The van der Waals surface area contributed by atoms with Crippen LogP contribution in [0.3, 0.4) is 0 Å². The predicted molar refractivity (Wildman–Crippen MR) is 149 cm³/mol. The molecule has 0 bridgehead atoms. The molecule has 0 aromatic rings. The third-order valence-corrected chi connectivity index (χ3v) is 7.64. The Kier molecular flexibility index (Phi) is 19.2. The van der Waals surface area contributed by atoms with Gasteiger partial charge in [-0.05, 0) is 39.0 Å². The Bertz CT molecular complexity index is 545. The van der Waals surface area contributed by atoms with Crippen molar-refractivity contribution in [2.45, 2.75) is 143 Å². The molecule has 4 heteroatoms. The number of allylic oxidation sites excluding steroid dienone is 2. The summed E-state index contributed by atoms with van der Waals surface area (Å²) in [4.78, 5) is 16.0. The van der Waals surface area contributed by atoms with Crippen LogP contribution in [0.2, 0.25) is 0 Å². The van der Waals surface area contributed by atoms with Crippen molar-refractivity contribution in [1.29, 1.82) is 0 Å². The molecule has 2 atom stereocenters. The van der Waals surface area contributed by atoms with Gasteiger partial charge in [-0.25, -0.2) is 4.99 Å². The van der Waals surface area contributed by atoms with Crippen LogP contribution in [0.5, 0.6) is 0 Å². The van der Waals surface area contributed by atoms with E-state index in [1.165, 1.54) is 116 Å². The van der Waals surface area contributed by atoms with Crippen LogP contribution in [0.1, 0.15) is 136 Å². The van der Waals surface area contributed by atoms with E-state index in [9.17, 15) is 4.79 Å². The van der Waals surface area contributed by atoms with Gasteiger partial charge in [0.05, 0.1) is 25.8 Å². The molecule has 1 aliphatic rings. The first-order valence-electron chi connectivity index (χ1n) is 14.9. The Balaban J connectivity index is 1.92. The van der Waals surface area contributed by atoms with Gasteiger partial charge < -0.3 is 5.32 Å². The second-order valence-electron chi connectivity index (χ2n) is 10.5. The van der Waals surface area contributed by atoms with Crippen LogP contribution in [-0.4, -0.2) is 48.9 Å². The molecular weight excluding hydrogens is 418 g/mol. The topological polar surface area (TPSA) is 41.5 Å². The van der Waals surface area contributed by atoms with Gasteiger partial charge in [0.1, 0.15) is 6.54 Å². The van der Waals surface area contributed by atoms with Crippen molar-refractivity contribution >= 4 is 12.1 Å². The van der Waals surface area contributed by atoms with Crippen molar-refractivity contribution in [2.75, 3.05) is 26.2 Å². The van der Waals surface area contributed by atoms with Crippen molar-refractivity contribution < 1.29 is 9.28 Å². The second kappa shape index (κ2) is 21.1. The van der Waals surface area contributed by atoms with Crippen LogP contribution in [0.4, 0.5) is 0 Å². The maximum Gasteiger partial charge on any atom is 0.217 e. The molecule has 1 rings (SSSR count). The Morgan fingerprint density at radius 3 is 1.91 bits per heavy atom. The summed E-state index contributed by atoms with van der Waals surface area (Å²) in [5.74, 6) is 0.0690. The van der Waals surface area contributed by atoms with E-state index in [1.54, 1.807) is 6.92 Å². The summed E-state index contributed by atoms with van der Waals surface area (Å²) in [6, 6.07) is 0. The summed E-state index contributed by atoms with van der Waals surface area (Å²) in [7, 11) is 0. The number of carbonyl (C=O) groups is 1. The molecule has 198 valence electrons. The van der Waals surface area contributed by atoms with E-state index in [0.29, 0.717) is 6.17 Å². The highest BCUT2D eigenvalue weighted by atomic mass is 16.1. The van der Waals surface area contributed by atoms with Gasteiger partial charge in [-0.15, -0.1) is 0 Å². The van der Waals surface area contributed by atoms with Gasteiger partial charge in [0, 0.05) is 13.3 Å². The van der Waals surface area contributed by atoms with Gasteiger partial charge in [-0.2, -0.15) is 0 Å². The van der Waals surface area contributed by atoms with E-state index in [2.05, 4.69) is 37.5 Å². The molecule has 0 saturated heterocycles. The van der Waals surface area contributed by atoms with E-state index < -0.39 is 0 Å². The first kappa shape index (κ1) is 30.9. The van der Waals surface area contributed by atoms with E-state index in [-0.39, 0.29) is 5.91 Å². The fourth-order valence-electron chi connectivity index (χ4n) is 5.24. The van der Waals surface area contributed by atoms with Gasteiger partial charge in [0.2, 0.25) is 5.91 Å².